The number of carbonyl (C=O) groups is 2. The molecule has 0 fully saturated rings. The third-order valence-electron chi connectivity index (χ3n) is 2.44. The van der Waals surface area contributed by atoms with Gasteiger partial charge in [0.15, 0.2) is 0 Å². The number of carboxylic acid groups (broad SMARTS) is 1. The van der Waals surface area contributed by atoms with Crippen LogP contribution in [-0.2, 0) is 33.2 Å². The van der Waals surface area contributed by atoms with Crippen molar-refractivity contribution < 1.29 is 18.9 Å². The SMILES string of the molecule is CC(=O)N[C@@H](CS(=O)Cc1cc(C)nn1C)C(=O)O. The summed E-state index contributed by atoms with van der Waals surface area (Å²) in [5.41, 5.74) is 1.58. The normalized spacial score (nSPS) is 13.8. The largest absolute Gasteiger partial charge is 0.480 e. The van der Waals surface area contributed by atoms with Crippen LogP contribution in [0.3, 0.4) is 0 Å². The zero-order chi connectivity index (χ0) is 14.6. The number of hydrogen-bond acceptors (Lipinski definition) is 4. The molecule has 0 aromatic carbocycles. The van der Waals surface area contributed by atoms with Gasteiger partial charge >= 0.3 is 5.97 Å². The van der Waals surface area contributed by atoms with Gasteiger partial charge in [-0.25, -0.2) is 4.79 Å². The van der Waals surface area contributed by atoms with E-state index in [0.29, 0.717) is 0 Å². The van der Waals surface area contributed by atoms with Gasteiger partial charge in [0, 0.05) is 24.8 Å². The van der Waals surface area contributed by atoms with Gasteiger partial charge in [0.25, 0.3) is 0 Å². The van der Waals surface area contributed by atoms with E-state index < -0.39 is 28.7 Å². The number of nitrogens with zero attached hydrogens (tertiary/aromatic N) is 2. The number of hydrogen-bond donors (Lipinski definition) is 2. The second-order valence-corrected chi connectivity index (χ2v) is 5.74. The van der Waals surface area contributed by atoms with E-state index in [2.05, 4.69) is 10.4 Å². The van der Waals surface area contributed by atoms with Gasteiger partial charge in [0.05, 0.1) is 22.9 Å². The molecule has 0 spiro atoms. The van der Waals surface area contributed by atoms with Gasteiger partial charge < -0.3 is 10.4 Å². The fourth-order valence-corrected chi connectivity index (χ4v) is 2.94. The van der Waals surface area contributed by atoms with Crippen LogP contribution in [0.4, 0.5) is 0 Å². The lowest BCUT2D eigenvalue weighted by atomic mass is 10.3. The van der Waals surface area contributed by atoms with Crippen LogP contribution in [0, 0.1) is 6.92 Å². The lowest BCUT2D eigenvalue weighted by Crippen LogP contribution is -2.43. The second-order valence-electron chi connectivity index (χ2n) is 4.24. The van der Waals surface area contributed by atoms with Crippen molar-refractivity contribution in [1.82, 2.24) is 15.1 Å². The molecule has 1 rings (SSSR count). The molecule has 1 amide bonds. The van der Waals surface area contributed by atoms with Gasteiger partial charge in [-0.15, -0.1) is 0 Å². The van der Waals surface area contributed by atoms with Crippen LogP contribution < -0.4 is 5.32 Å². The van der Waals surface area contributed by atoms with Crippen molar-refractivity contribution in [3.8, 4) is 0 Å². The summed E-state index contributed by atoms with van der Waals surface area (Å²) in [6.45, 7) is 3.05. The molecule has 0 radical (unpaired) electrons. The van der Waals surface area contributed by atoms with Gasteiger partial charge in [-0.05, 0) is 13.0 Å². The topological polar surface area (TPSA) is 101 Å². The van der Waals surface area contributed by atoms with E-state index in [4.69, 9.17) is 5.11 Å². The maximum absolute atomic E-state index is 11.9. The van der Waals surface area contributed by atoms with Crippen LogP contribution in [0.2, 0.25) is 0 Å². The van der Waals surface area contributed by atoms with Gasteiger partial charge in [-0.3, -0.25) is 13.7 Å². The molecule has 8 heteroatoms. The molecule has 2 N–H and O–H groups in total. The summed E-state index contributed by atoms with van der Waals surface area (Å²) in [5, 5.41) is 15.3. The molecule has 0 bridgehead atoms. The van der Waals surface area contributed by atoms with Crippen LogP contribution in [-0.4, -0.2) is 42.8 Å². The number of aryl methyl sites for hydroxylation is 2. The maximum atomic E-state index is 11.9. The Labute approximate surface area is 113 Å². The molecular formula is C11H17N3O4S. The molecule has 1 heterocycles. The van der Waals surface area contributed by atoms with Crippen LogP contribution in [0.5, 0.6) is 0 Å². The predicted molar refractivity (Wildman–Crippen MR) is 69.9 cm³/mol. The average molecular weight is 287 g/mol. The Hall–Kier alpha value is -1.70. The third kappa shape index (κ3) is 4.82. The summed E-state index contributed by atoms with van der Waals surface area (Å²) in [4.78, 5) is 21.8. The molecule has 0 saturated carbocycles. The Bertz CT molecular complexity index is 512. The molecule has 0 aliphatic carbocycles. The number of aliphatic carboxylic acids is 1. The molecule has 1 aromatic heterocycles. The van der Waals surface area contributed by atoms with E-state index in [1.54, 1.807) is 17.8 Å². The van der Waals surface area contributed by atoms with Gasteiger partial charge in [0.2, 0.25) is 5.91 Å². The van der Waals surface area contributed by atoms with Crippen molar-refractivity contribution in [3.63, 3.8) is 0 Å². The minimum Gasteiger partial charge on any atom is -0.480 e. The van der Waals surface area contributed by atoms with Gasteiger partial charge in [-0.2, -0.15) is 5.10 Å². The van der Waals surface area contributed by atoms with Crippen molar-refractivity contribution in [2.24, 2.45) is 7.05 Å². The zero-order valence-corrected chi connectivity index (χ0v) is 11.9. The Morgan fingerprint density at radius 1 is 1.58 bits per heavy atom. The number of carboxylic acids is 1. The van der Waals surface area contributed by atoms with Crippen molar-refractivity contribution >= 4 is 22.7 Å². The van der Waals surface area contributed by atoms with E-state index >= 15 is 0 Å². The van der Waals surface area contributed by atoms with Gasteiger partial charge in [-0.1, -0.05) is 0 Å². The molecule has 7 nitrogen and oxygen atoms in total. The Balaban J connectivity index is 2.65. The number of nitrogens with one attached hydrogen (secondary N) is 1. The van der Waals surface area contributed by atoms with Crippen LogP contribution >= 0.6 is 0 Å². The second kappa shape index (κ2) is 6.46. The summed E-state index contributed by atoms with van der Waals surface area (Å²) in [6, 6.07) is 0.666. The highest BCUT2D eigenvalue weighted by molar-refractivity contribution is 7.84. The molecule has 1 unspecified atom stereocenters. The van der Waals surface area contributed by atoms with Crippen LogP contribution in [0.1, 0.15) is 18.3 Å². The zero-order valence-electron chi connectivity index (χ0n) is 11.0. The Morgan fingerprint density at radius 3 is 2.63 bits per heavy atom. The van der Waals surface area contributed by atoms with E-state index in [0.717, 1.165) is 11.4 Å². The highest BCUT2D eigenvalue weighted by Gasteiger charge is 2.21. The third-order valence-corrected chi connectivity index (χ3v) is 3.76. The molecule has 19 heavy (non-hydrogen) atoms. The summed E-state index contributed by atoms with van der Waals surface area (Å²) in [6.07, 6.45) is 0. The summed E-state index contributed by atoms with van der Waals surface area (Å²) < 4.78 is 13.5. The fourth-order valence-electron chi connectivity index (χ4n) is 1.63. The molecule has 1 aromatic rings. The standard InChI is InChI=1S/C11H17N3O4S/c1-7-4-9(14(3)13-7)5-19(18)6-10(11(16)17)12-8(2)15/h4,10H,5-6H2,1-3H3,(H,12,15)(H,16,17)/t10-,19?/m0/s1. The summed E-state index contributed by atoms with van der Waals surface area (Å²) in [7, 11) is 0.347. The quantitative estimate of drug-likeness (QED) is 0.739. The minimum atomic E-state index is -1.39. The lowest BCUT2D eigenvalue weighted by Gasteiger charge is -2.12. The highest BCUT2D eigenvalue weighted by atomic mass is 32.2. The van der Waals surface area contributed by atoms with Crippen molar-refractivity contribution in [1.29, 1.82) is 0 Å². The van der Waals surface area contributed by atoms with Crippen molar-refractivity contribution in [2.75, 3.05) is 5.75 Å². The highest BCUT2D eigenvalue weighted by Crippen LogP contribution is 2.06. The van der Waals surface area contributed by atoms with E-state index in [-0.39, 0.29) is 11.5 Å². The van der Waals surface area contributed by atoms with Gasteiger partial charge in [0.1, 0.15) is 6.04 Å². The first-order valence-electron chi connectivity index (χ1n) is 5.64. The van der Waals surface area contributed by atoms with Crippen LogP contribution in [0.25, 0.3) is 0 Å². The number of aromatic nitrogens is 2. The maximum Gasteiger partial charge on any atom is 0.327 e. The summed E-state index contributed by atoms with van der Waals surface area (Å²) in [5.74, 6) is -1.56. The summed E-state index contributed by atoms with van der Waals surface area (Å²) >= 11 is 0. The first-order chi connectivity index (χ1) is 8.79. The predicted octanol–water partition coefficient (Wildman–Crippen LogP) is -0.433. The number of rotatable bonds is 6. The Morgan fingerprint density at radius 2 is 2.21 bits per heavy atom. The van der Waals surface area contributed by atoms with E-state index in [1.165, 1.54) is 6.92 Å². The molecule has 0 aliphatic heterocycles. The van der Waals surface area contributed by atoms with Crippen LogP contribution in [0.15, 0.2) is 6.07 Å². The minimum absolute atomic E-state index is 0.126. The number of amides is 1. The Kier molecular flexibility index (Phi) is 5.22. The van der Waals surface area contributed by atoms with Crippen molar-refractivity contribution in [3.05, 3.63) is 17.5 Å². The average Bonchev–Trinajstić information content (AvgIpc) is 2.55. The first kappa shape index (κ1) is 15.4. The fraction of sp³-hybridized carbons (Fsp3) is 0.545. The molecule has 106 valence electrons. The molecular weight excluding hydrogens is 270 g/mol. The lowest BCUT2D eigenvalue weighted by molar-refractivity contribution is -0.140. The molecule has 0 aliphatic rings. The van der Waals surface area contributed by atoms with E-state index in [1.807, 2.05) is 6.92 Å². The van der Waals surface area contributed by atoms with Crippen molar-refractivity contribution in [2.45, 2.75) is 25.6 Å². The smallest absolute Gasteiger partial charge is 0.327 e. The molecule has 0 saturated heterocycles. The van der Waals surface area contributed by atoms with E-state index in [9.17, 15) is 13.8 Å². The monoisotopic (exact) mass is 287 g/mol. The molecule has 2 atom stereocenters. The number of carbonyl (C=O) groups excluding carboxylic acids is 1. The first-order valence-corrected chi connectivity index (χ1v) is 7.12.